The molecular weight excluding hydrogens is 166 g/mol. The van der Waals surface area contributed by atoms with Gasteiger partial charge in [-0.2, -0.15) is 0 Å². The summed E-state index contributed by atoms with van der Waals surface area (Å²) in [7, 11) is 0. The molecule has 0 saturated carbocycles. The number of hydrogen-bond acceptors (Lipinski definition) is 2. The lowest BCUT2D eigenvalue weighted by molar-refractivity contribution is 0.616. The quantitative estimate of drug-likeness (QED) is 0.507. The van der Waals surface area contributed by atoms with Crippen molar-refractivity contribution in [3.8, 4) is 0 Å². The molecular formula is C9H9N3O. The Labute approximate surface area is 74.8 Å². The molecule has 4 heteroatoms. The first kappa shape index (κ1) is 7.67. The van der Waals surface area contributed by atoms with Crippen LogP contribution in [0.2, 0.25) is 0 Å². The number of fused-ring (bicyclic) bond motifs is 1. The van der Waals surface area contributed by atoms with Crippen LogP contribution in [0.25, 0.3) is 11.0 Å². The lowest BCUT2D eigenvalue weighted by Gasteiger charge is -1.94. The Morgan fingerprint density at radius 2 is 2.08 bits per heavy atom. The molecule has 0 radical (unpaired) electrons. The minimum atomic E-state index is 0.0582. The smallest absolute Gasteiger partial charge is 0.191 e. The number of hydrogen-bond donors (Lipinski definition) is 2. The van der Waals surface area contributed by atoms with Crippen LogP contribution in [0.15, 0.2) is 39.9 Å². The van der Waals surface area contributed by atoms with Crippen molar-refractivity contribution in [3.05, 3.63) is 30.5 Å². The van der Waals surface area contributed by atoms with Gasteiger partial charge in [-0.05, 0) is 24.3 Å². The van der Waals surface area contributed by atoms with E-state index in [-0.39, 0.29) is 5.96 Å². The van der Waals surface area contributed by atoms with Crippen LogP contribution in [0.1, 0.15) is 0 Å². The van der Waals surface area contributed by atoms with Crippen molar-refractivity contribution >= 4 is 22.6 Å². The number of nitrogens with two attached hydrogens (primary N) is 2. The van der Waals surface area contributed by atoms with Crippen LogP contribution >= 0.6 is 0 Å². The van der Waals surface area contributed by atoms with E-state index in [9.17, 15) is 0 Å². The third kappa shape index (κ3) is 1.46. The minimum Gasteiger partial charge on any atom is -0.464 e. The molecule has 0 fully saturated rings. The van der Waals surface area contributed by atoms with Crippen LogP contribution in [-0.2, 0) is 0 Å². The summed E-state index contributed by atoms with van der Waals surface area (Å²) in [5, 5.41) is 0.988. The highest BCUT2D eigenvalue weighted by atomic mass is 16.3. The topological polar surface area (TPSA) is 77.5 Å². The molecule has 1 heterocycles. The summed E-state index contributed by atoms with van der Waals surface area (Å²) in [5.74, 6) is 0.0582. The summed E-state index contributed by atoms with van der Waals surface area (Å²) in [5.41, 5.74) is 12.1. The molecule has 0 aliphatic heterocycles. The maximum atomic E-state index is 5.25. The second-order valence-electron chi connectivity index (χ2n) is 2.68. The van der Waals surface area contributed by atoms with Gasteiger partial charge in [-0.1, -0.05) is 0 Å². The predicted octanol–water partition coefficient (Wildman–Crippen LogP) is 1.34. The van der Waals surface area contributed by atoms with E-state index >= 15 is 0 Å². The predicted molar refractivity (Wildman–Crippen MR) is 51.7 cm³/mol. The molecule has 0 amide bonds. The molecule has 0 atom stereocenters. The standard InChI is InChI=1S/C9H9N3O/c10-9(11)12-7-1-2-8-6(5-7)3-4-13-8/h1-5H,(H4,10,11,12). The third-order valence-electron chi connectivity index (χ3n) is 1.69. The van der Waals surface area contributed by atoms with E-state index in [0.717, 1.165) is 16.7 Å². The van der Waals surface area contributed by atoms with Gasteiger partial charge in [0.2, 0.25) is 0 Å². The number of benzene rings is 1. The van der Waals surface area contributed by atoms with E-state index in [1.165, 1.54) is 0 Å². The van der Waals surface area contributed by atoms with Crippen molar-refractivity contribution in [1.29, 1.82) is 0 Å². The maximum Gasteiger partial charge on any atom is 0.191 e. The van der Waals surface area contributed by atoms with Crippen LogP contribution in [0.5, 0.6) is 0 Å². The highest BCUT2D eigenvalue weighted by molar-refractivity contribution is 5.84. The van der Waals surface area contributed by atoms with Gasteiger partial charge in [0.15, 0.2) is 5.96 Å². The van der Waals surface area contributed by atoms with Gasteiger partial charge >= 0.3 is 0 Å². The molecule has 66 valence electrons. The fraction of sp³-hybridized carbons (Fsp3) is 0. The lowest BCUT2D eigenvalue weighted by atomic mass is 10.2. The van der Waals surface area contributed by atoms with Gasteiger partial charge in [-0.3, -0.25) is 0 Å². The highest BCUT2D eigenvalue weighted by Crippen LogP contribution is 2.21. The fourth-order valence-electron chi connectivity index (χ4n) is 1.17. The zero-order valence-corrected chi connectivity index (χ0v) is 6.90. The zero-order valence-electron chi connectivity index (χ0n) is 6.90. The van der Waals surface area contributed by atoms with E-state index in [0.29, 0.717) is 0 Å². The molecule has 4 N–H and O–H groups in total. The summed E-state index contributed by atoms with van der Waals surface area (Å²) in [6.45, 7) is 0. The number of rotatable bonds is 1. The molecule has 1 aromatic heterocycles. The number of aliphatic imine (C=N–C) groups is 1. The Hall–Kier alpha value is -1.97. The van der Waals surface area contributed by atoms with Crippen LogP contribution in [0.3, 0.4) is 0 Å². The van der Waals surface area contributed by atoms with Gasteiger partial charge in [0.05, 0.1) is 12.0 Å². The molecule has 0 aliphatic rings. The average molecular weight is 175 g/mol. The van der Waals surface area contributed by atoms with E-state index in [2.05, 4.69) is 4.99 Å². The van der Waals surface area contributed by atoms with Gasteiger partial charge in [0.1, 0.15) is 5.58 Å². The van der Waals surface area contributed by atoms with E-state index in [1.807, 2.05) is 18.2 Å². The molecule has 0 aliphatic carbocycles. The molecule has 4 nitrogen and oxygen atoms in total. The average Bonchev–Trinajstić information content (AvgIpc) is 2.49. The van der Waals surface area contributed by atoms with Crippen molar-refractivity contribution in [1.82, 2.24) is 0 Å². The summed E-state index contributed by atoms with van der Waals surface area (Å²) in [4.78, 5) is 3.92. The lowest BCUT2D eigenvalue weighted by Crippen LogP contribution is -2.21. The Balaban J connectivity index is 2.54. The van der Waals surface area contributed by atoms with Gasteiger partial charge < -0.3 is 15.9 Å². The fourth-order valence-corrected chi connectivity index (χ4v) is 1.17. The molecule has 0 bridgehead atoms. The zero-order chi connectivity index (χ0) is 9.26. The molecule has 13 heavy (non-hydrogen) atoms. The van der Waals surface area contributed by atoms with Crippen LogP contribution in [0.4, 0.5) is 5.69 Å². The Morgan fingerprint density at radius 3 is 2.85 bits per heavy atom. The summed E-state index contributed by atoms with van der Waals surface area (Å²) >= 11 is 0. The van der Waals surface area contributed by atoms with Crippen LogP contribution in [-0.4, -0.2) is 5.96 Å². The number of nitrogens with zero attached hydrogens (tertiary/aromatic N) is 1. The van der Waals surface area contributed by atoms with Crippen molar-refractivity contribution in [2.75, 3.05) is 0 Å². The van der Waals surface area contributed by atoms with E-state index in [1.54, 1.807) is 12.3 Å². The first-order valence-electron chi connectivity index (χ1n) is 3.82. The molecule has 0 spiro atoms. The normalized spacial score (nSPS) is 10.2. The van der Waals surface area contributed by atoms with Crippen molar-refractivity contribution < 1.29 is 4.42 Å². The highest BCUT2D eigenvalue weighted by Gasteiger charge is 1.97. The van der Waals surface area contributed by atoms with Crippen LogP contribution in [0, 0.1) is 0 Å². The maximum absolute atomic E-state index is 5.25. The minimum absolute atomic E-state index is 0.0582. The third-order valence-corrected chi connectivity index (χ3v) is 1.69. The molecule has 2 aromatic rings. The Kier molecular flexibility index (Phi) is 1.66. The molecule has 2 rings (SSSR count). The number of furan rings is 1. The summed E-state index contributed by atoms with van der Waals surface area (Å²) in [6, 6.07) is 7.35. The molecule has 1 aromatic carbocycles. The first-order chi connectivity index (χ1) is 6.25. The summed E-state index contributed by atoms with van der Waals surface area (Å²) < 4.78 is 5.17. The SMILES string of the molecule is NC(N)=Nc1ccc2occc2c1. The van der Waals surface area contributed by atoms with Gasteiger partial charge in [0, 0.05) is 5.39 Å². The largest absolute Gasteiger partial charge is 0.464 e. The van der Waals surface area contributed by atoms with Gasteiger partial charge in [-0.15, -0.1) is 0 Å². The Bertz CT molecular complexity index is 455. The second-order valence-corrected chi connectivity index (χ2v) is 2.68. The second kappa shape index (κ2) is 2.82. The van der Waals surface area contributed by atoms with E-state index < -0.39 is 0 Å². The van der Waals surface area contributed by atoms with Crippen molar-refractivity contribution in [2.45, 2.75) is 0 Å². The van der Waals surface area contributed by atoms with Crippen LogP contribution < -0.4 is 11.5 Å². The van der Waals surface area contributed by atoms with Gasteiger partial charge in [0.25, 0.3) is 0 Å². The summed E-state index contributed by atoms with van der Waals surface area (Å²) in [6.07, 6.45) is 1.63. The van der Waals surface area contributed by atoms with E-state index in [4.69, 9.17) is 15.9 Å². The molecule has 0 unspecified atom stereocenters. The Morgan fingerprint density at radius 1 is 1.23 bits per heavy atom. The van der Waals surface area contributed by atoms with Crippen molar-refractivity contribution in [2.24, 2.45) is 16.5 Å². The van der Waals surface area contributed by atoms with Crippen molar-refractivity contribution in [3.63, 3.8) is 0 Å². The number of guanidine groups is 1. The molecule has 0 saturated heterocycles. The monoisotopic (exact) mass is 175 g/mol. The van der Waals surface area contributed by atoms with Gasteiger partial charge in [-0.25, -0.2) is 4.99 Å². The first-order valence-corrected chi connectivity index (χ1v) is 3.82.